The molecule has 0 amide bonds. The Bertz CT molecular complexity index is 80.9. The van der Waals surface area contributed by atoms with E-state index in [1.54, 1.807) is 0 Å². The zero-order valence-corrected chi connectivity index (χ0v) is 5.65. The molecule has 0 saturated carbocycles. The maximum atomic E-state index is 8.16. The molecule has 1 atom stereocenters. The van der Waals surface area contributed by atoms with E-state index in [0.29, 0.717) is 0 Å². The Hall–Kier alpha value is -0.510. The predicted octanol–water partition coefficient (Wildman–Crippen LogP) is 2.34. The summed E-state index contributed by atoms with van der Waals surface area (Å²) >= 11 is 0. The highest BCUT2D eigenvalue weighted by molar-refractivity contribution is 4.69. The number of nitriles is 1. The molecule has 8 heavy (non-hydrogen) atoms. The molecule has 0 rings (SSSR count). The van der Waals surface area contributed by atoms with Gasteiger partial charge in [-0.15, -0.1) is 0 Å². The summed E-state index contributed by atoms with van der Waals surface area (Å²) in [5, 5.41) is 8.16. The third-order valence-corrected chi connectivity index (χ3v) is 1.45. The Labute approximate surface area is 51.3 Å². The topological polar surface area (TPSA) is 23.8 Å². The Morgan fingerprint density at radius 2 is 2.25 bits per heavy atom. The van der Waals surface area contributed by atoms with Crippen LogP contribution in [0, 0.1) is 17.2 Å². The fraction of sp³-hybridized carbons (Fsp3) is 0.857. The second-order valence-electron chi connectivity index (χ2n) is 2.21. The third kappa shape index (κ3) is 3.67. The molecule has 0 spiro atoms. The first-order valence-corrected chi connectivity index (χ1v) is 3.18. The lowest BCUT2D eigenvalue weighted by atomic mass is 10.0. The van der Waals surface area contributed by atoms with Crippen molar-refractivity contribution < 1.29 is 0 Å². The van der Waals surface area contributed by atoms with Crippen molar-refractivity contribution in [3.63, 3.8) is 0 Å². The van der Waals surface area contributed by atoms with Crippen LogP contribution in [-0.2, 0) is 0 Å². The molecule has 0 N–H and O–H groups in total. The summed E-state index contributed by atoms with van der Waals surface area (Å²) in [7, 11) is 0. The van der Waals surface area contributed by atoms with Crippen LogP contribution in [0.1, 0.15) is 33.1 Å². The van der Waals surface area contributed by atoms with Crippen LogP contribution in [0.5, 0.6) is 0 Å². The van der Waals surface area contributed by atoms with Gasteiger partial charge in [-0.3, -0.25) is 0 Å². The fourth-order valence-electron chi connectivity index (χ4n) is 0.515. The number of hydrogen-bond donors (Lipinski definition) is 0. The van der Waals surface area contributed by atoms with Crippen LogP contribution in [0.2, 0.25) is 0 Å². The molecule has 1 heteroatoms. The summed E-state index contributed by atoms with van der Waals surface area (Å²) in [6.45, 7) is 4.33. The van der Waals surface area contributed by atoms with Gasteiger partial charge in [0, 0.05) is 6.42 Å². The third-order valence-electron chi connectivity index (χ3n) is 1.45. The van der Waals surface area contributed by atoms with Gasteiger partial charge in [-0.25, -0.2) is 0 Å². The number of hydrogen-bond acceptors (Lipinski definition) is 1. The molecule has 0 aromatic carbocycles. The molecular formula is C7H13N. The van der Waals surface area contributed by atoms with Gasteiger partial charge in [-0.2, -0.15) is 5.26 Å². The van der Waals surface area contributed by atoms with Crippen molar-refractivity contribution in [3.05, 3.63) is 0 Å². The molecule has 0 aromatic rings. The predicted molar refractivity (Wildman–Crippen MR) is 34.3 cm³/mol. The Morgan fingerprint density at radius 1 is 1.62 bits per heavy atom. The minimum absolute atomic E-state index is 0.717. The highest BCUT2D eigenvalue weighted by atomic mass is 14.2. The van der Waals surface area contributed by atoms with Crippen molar-refractivity contribution in [2.24, 2.45) is 5.92 Å². The van der Waals surface area contributed by atoms with Crippen molar-refractivity contribution >= 4 is 0 Å². The van der Waals surface area contributed by atoms with E-state index in [2.05, 4.69) is 19.9 Å². The van der Waals surface area contributed by atoms with Crippen LogP contribution in [0.25, 0.3) is 0 Å². The van der Waals surface area contributed by atoms with Crippen molar-refractivity contribution in [1.82, 2.24) is 0 Å². The molecular weight excluding hydrogens is 98.1 g/mol. The lowest BCUT2D eigenvalue weighted by molar-refractivity contribution is 0.524. The summed E-state index contributed by atoms with van der Waals surface area (Å²) in [5.41, 5.74) is 0. The first kappa shape index (κ1) is 7.49. The quantitative estimate of drug-likeness (QED) is 0.548. The number of nitrogens with zero attached hydrogens (tertiary/aromatic N) is 1. The van der Waals surface area contributed by atoms with Crippen LogP contribution in [0.4, 0.5) is 0 Å². The van der Waals surface area contributed by atoms with Crippen molar-refractivity contribution in [2.75, 3.05) is 0 Å². The smallest absolute Gasteiger partial charge is 0.0621 e. The molecule has 0 heterocycles. The molecule has 0 bridgehead atoms. The minimum Gasteiger partial charge on any atom is -0.198 e. The standard InChI is InChI=1S/C7H13N/c1-3-7(2)5-4-6-8/h7H,3-5H2,1-2H3/t7-/m1/s1. The van der Waals surface area contributed by atoms with Gasteiger partial charge < -0.3 is 0 Å². The van der Waals surface area contributed by atoms with E-state index in [1.807, 2.05) is 0 Å². The van der Waals surface area contributed by atoms with Gasteiger partial charge in [0.2, 0.25) is 0 Å². The summed E-state index contributed by atoms with van der Waals surface area (Å²) in [6, 6.07) is 2.13. The largest absolute Gasteiger partial charge is 0.198 e. The maximum absolute atomic E-state index is 8.16. The summed E-state index contributed by atoms with van der Waals surface area (Å²) in [4.78, 5) is 0. The van der Waals surface area contributed by atoms with Gasteiger partial charge >= 0.3 is 0 Å². The highest BCUT2D eigenvalue weighted by Crippen LogP contribution is 2.07. The van der Waals surface area contributed by atoms with E-state index in [0.717, 1.165) is 18.8 Å². The average Bonchev–Trinajstić information content (AvgIpc) is 1.83. The van der Waals surface area contributed by atoms with E-state index in [4.69, 9.17) is 5.26 Å². The summed E-state index contributed by atoms with van der Waals surface area (Å²) in [5.74, 6) is 0.731. The zero-order chi connectivity index (χ0) is 6.41. The van der Waals surface area contributed by atoms with Crippen molar-refractivity contribution in [1.29, 1.82) is 5.26 Å². The average molecular weight is 111 g/mol. The molecule has 0 radical (unpaired) electrons. The van der Waals surface area contributed by atoms with Crippen LogP contribution >= 0.6 is 0 Å². The SMILES string of the molecule is CC[C@@H](C)CCC#N. The second kappa shape index (κ2) is 4.64. The van der Waals surface area contributed by atoms with Crippen LogP contribution < -0.4 is 0 Å². The van der Waals surface area contributed by atoms with E-state index in [9.17, 15) is 0 Å². The minimum atomic E-state index is 0.717. The highest BCUT2D eigenvalue weighted by Gasteiger charge is 1.94. The summed E-state index contributed by atoms with van der Waals surface area (Å²) in [6.07, 6.45) is 2.98. The molecule has 0 aliphatic heterocycles. The molecule has 0 unspecified atom stereocenters. The first-order valence-electron chi connectivity index (χ1n) is 3.18. The van der Waals surface area contributed by atoms with Gasteiger partial charge in [-0.05, 0) is 12.3 Å². The zero-order valence-electron chi connectivity index (χ0n) is 5.65. The van der Waals surface area contributed by atoms with Gasteiger partial charge in [-0.1, -0.05) is 20.3 Å². The molecule has 0 fully saturated rings. The molecule has 46 valence electrons. The molecule has 0 aromatic heterocycles. The normalized spacial score (nSPS) is 12.6. The van der Waals surface area contributed by atoms with Crippen LogP contribution in [0.3, 0.4) is 0 Å². The van der Waals surface area contributed by atoms with Gasteiger partial charge in [0.25, 0.3) is 0 Å². The molecule has 0 saturated heterocycles. The Kier molecular flexibility index (Phi) is 4.35. The molecule has 0 aliphatic rings. The fourth-order valence-corrected chi connectivity index (χ4v) is 0.515. The lowest BCUT2D eigenvalue weighted by Gasteiger charge is -2.01. The van der Waals surface area contributed by atoms with Gasteiger partial charge in [0.05, 0.1) is 6.07 Å². The Morgan fingerprint density at radius 3 is 2.62 bits per heavy atom. The van der Waals surface area contributed by atoms with E-state index >= 15 is 0 Å². The van der Waals surface area contributed by atoms with E-state index in [-0.39, 0.29) is 0 Å². The Balaban J connectivity index is 3.01. The molecule has 0 aliphatic carbocycles. The van der Waals surface area contributed by atoms with Gasteiger partial charge in [0.1, 0.15) is 0 Å². The van der Waals surface area contributed by atoms with Crippen LogP contribution in [-0.4, -0.2) is 0 Å². The second-order valence-corrected chi connectivity index (χ2v) is 2.21. The summed E-state index contributed by atoms with van der Waals surface area (Å²) < 4.78 is 0. The molecule has 1 nitrogen and oxygen atoms in total. The van der Waals surface area contributed by atoms with E-state index < -0.39 is 0 Å². The maximum Gasteiger partial charge on any atom is 0.0621 e. The van der Waals surface area contributed by atoms with E-state index in [1.165, 1.54) is 6.42 Å². The van der Waals surface area contributed by atoms with Crippen molar-refractivity contribution in [3.8, 4) is 6.07 Å². The van der Waals surface area contributed by atoms with Gasteiger partial charge in [0.15, 0.2) is 0 Å². The van der Waals surface area contributed by atoms with Crippen LogP contribution in [0.15, 0.2) is 0 Å². The monoisotopic (exact) mass is 111 g/mol. The van der Waals surface area contributed by atoms with Crippen molar-refractivity contribution in [2.45, 2.75) is 33.1 Å². The first-order chi connectivity index (χ1) is 3.81. The number of rotatable bonds is 3. The lowest BCUT2D eigenvalue weighted by Crippen LogP contribution is -1.89.